The van der Waals surface area contributed by atoms with E-state index in [1.54, 1.807) is 0 Å². The van der Waals surface area contributed by atoms with Gasteiger partial charge in [-0.3, -0.25) is 0 Å². The maximum absolute atomic E-state index is 5.81. The van der Waals surface area contributed by atoms with Gasteiger partial charge in [-0.2, -0.15) is 0 Å². The molecule has 0 unspecified atom stereocenters. The zero-order chi connectivity index (χ0) is 18.0. The van der Waals surface area contributed by atoms with Crippen LogP contribution in [0.1, 0.15) is 44.3 Å². The molecule has 8 nitrogen and oxygen atoms in total. The van der Waals surface area contributed by atoms with E-state index in [0.29, 0.717) is 12.5 Å². The summed E-state index contributed by atoms with van der Waals surface area (Å²) < 4.78 is 13.4. The van der Waals surface area contributed by atoms with Crippen molar-refractivity contribution in [2.75, 3.05) is 39.5 Å². The highest BCUT2D eigenvalue weighted by molar-refractivity contribution is 14.0. The predicted octanol–water partition coefficient (Wildman–Crippen LogP) is 1.73. The van der Waals surface area contributed by atoms with Gasteiger partial charge in [-0.25, -0.2) is 4.99 Å². The van der Waals surface area contributed by atoms with Gasteiger partial charge in [0.25, 0.3) is 0 Å². The van der Waals surface area contributed by atoms with Crippen molar-refractivity contribution >= 4 is 29.9 Å². The first kappa shape index (κ1) is 22.4. The van der Waals surface area contributed by atoms with Crippen molar-refractivity contribution in [2.24, 2.45) is 10.9 Å². The molecule has 0 aliphatic carbocycles. The smallest absolute Gasteiger partial charge is 0.191 e. The van der Waals surface area contributed by atoms with E-state index < -0.39 is 0 Å². The number of fused-ring (bicyclic) bond motifs is 1. The molecule has 0 spiro atoms. The zero-order valence-electron chi connectivity index (χ0n) is 16.3. The minimum atomic E-state index is 0. The number of rotatable bonds is 9. The Labute approximate surface area is 178 Å². The molecule has 9 heteroatoms. The van der Waals surface area contributed by atoms with Crippen LogP contribution in [0.25, 0.3) is 0 Å². The summed E-state index contributed by atoms with van der Waals surface area (Å²) in [7, 11) is 0. The lowest BCUT2D eigenvalue weighted by Gasteiger charge is -2.21. The molecule has 1 aromatic rings. The van der Waals surface area contributed by atoms with Gasteiger partial charge in [0.15, 0.2) is 11.8 Å². The van der Waals surface area contributed by atoms with Crippen molar-refractivity contribution < 1.29 is 9.47 Å². The van der Waals surface area contributed by atoms with E-state index in [9.17, 15) is 0 Å². The topological polar surface area (TPSA) is 85.6 Å². The monoisotopic (exact) mass is 492 g/mol. The van der Waals surface area contributed by atoms with Gasteiger partial charge in [0.2, 0.25) is 0 Å². The molecule has 0 atom stereocenters. The van der Waals surface area contributed by atoms with Gasteiger partial charge in [0, 0.05) is 52.5 Å². The van der Waals surface area contributed by atoms with Gasteiger partial charge < -0.3 is 24.7 Å². The Kier molecular flexibility index (Phi) is 10.4. The first-order chi connectivity index (χ1) is 12.9. The molecule has 0 saturated carbocycles. The SMILES string of the molecule is CCNC(=NCc1nnc2n1CCC2)NCCCOCC1CCOCC1.I. The molecule has 27 heavy (non-hydrogen) atoms. The average molecular weight is 492 g/mol. The van der Waals surface area contributed by atoms with Crippen LogP contribution in [0.5, 0.6) is 0 Å². The standard InChI is InChI=1S/C18H32N6O2.HI/c1-2-19-18(21-13-17-23-22-16-5-3-9-24(16)17)20-8-4-10-26-14-15-6-11-25-12-7-15;/h15H,2-14H2,1H3,(H2,19,20,21);1H. The lowest BCUT2D eigenvalue weighted by molar-refractivity contribution is 0.0203. The molecule has 0 aromatic carbocycles. The van der Waals surface area contributed by atoms with Crippen molar-refractivity contribution in [2.45, 2.75) is 52.1 Å². The minimum absolute atomic E-state index is 0. The second-order valence-electron chi connectivity index (χ2n) is 6.89. The number of hydrogen-bond acceptors (Lipinski definition) is 5. The molecule has 1 saturated heterocycles. The molecule has 2 aliphatic heterocycles. The van der Waals surface area contributed by atoms with Crippen molar-refractivity contribution in [3.05, 3.63) is 11.6 Å². The summed E-state index contributed by atoms with van der Waals surface area (Å²) in [6.07, 6.45) is 5.41. The Bertz CT molecular complexity index is 574. The van der Waals surface area contributed by atoms with Crippen molar-refractivity contribution in [3.63, 3.8) is 0 Å². The fraction of sp³-hybridized carbons (Fsp3) is 0.833. The Hall–Kier alpha value is -0.940. The molecule has 0 amide bonds. The van der Waals surface area contributed by atoms with Crippen LogP contribution >= 0.6 is 24.0 Å². The number of aromatic nitrogens is 3. The zero-order valence-corrected chi connectivity index (χ0v) is 18.6. The van der Waals surface area contributed by atoms with Crippen LogP contribution in [0, 0.1) is 5.92 Å². The number of aryl methyl sites for hydroxylation is 1. The van der Waals surface area contributed by atoms with Crippen LogP contribution in [-0.2, 0) is 29.0 Å². The molecule has 3 rings (SSSR count). The highest BCUT2D eigenvalue weighted by Crippen LogP contribution is 2.15. The van der Waals surface area contributed by atoms with E-state index in [-0.39, 0.29) is 24.0 Å². The van der Waals surface area contributed by atoms with Crippen LogP contribution in [0.3, 0.4) is 0 Å². The van der Waals surface area contributed by atoms with Crippen molar-refractivity contribution in [1.29, 1.82) is 0 Å². The third-order valence-electron chi connectivity index (χ3n) is 4.86. The number of ether oxygens (including phenoxy) is 2. The maximum Gasteiger partial charge on any atom is 0.191 e. The summed E-state index contributed by atoms with van der Waals surface area (Å²) in [5, 5.41) is 15.1. The summed E-state index contributed by atoms with van der Waals surface area (Å²) in [6.45, 7) is 8.73. The van der Waals surface area contributed by atoms with E-state index in [1.807, 2.05) is 0 Å². The van der Waals surface area contributed by atoms with Gasteiger partial charge in [0.1, 0.15) is 12.4 Å². The number of nitrogens with one attached hydrogen (secondary N) is 2. The largest absolute Gasteiger partial charge is 0.381 e. The number of guanidine groups is 1. The average Bonchev–Trinajstić information content (AvgIpc) is 3.27. The molecule has 2 N–H and O–H groups in total. The van der Waals surface area contributed by atoms with E-state index in [2.05, 4.69) is 37.3 Å². The highest BCUT2D eigenvalue weighted by Gasteiger charge is 2.17. The van der Waals surface area contributed by atoms with Crippen LogP contribution in [-0.4, -0.2) is 60.2 Å². The lowest BCUT2D eigenvalue weighted by atomic mass is 10.0. The van der Waals surface area contributed by atoms with Gasteiger partial charge >= 0.3 is 0 Å². The second-order valence-corrected chi connectivity index (χ2v) is 6.89. The number of aliphatic imine (C=N–C) groups is 1. The van der Waals surface area contributed by atoms with E-state index in [1.165, 1.54) is 0 Å². The summed E-state index contributed by atoms with van der Waals surface area (Å²) in [5.74, 6) is 3.54. The van der Waals surface area contributed by atoms with Gasteiger partial charge in [0.05, 0.1) is 0 Å². The third-order valence-corrected chi connectivity index (χ3v) is 4.86. The van der Waals surface area contributed by atoms with Crippen LogP contribution in [0.15, 0.2) is 4.99 Å². The van der Waals surface area contributed by atoms with Crippen molar-refractivity contribution in [3.8, 4) is 0 Å². The van der Waals surface area contributed by atoms with Gasteiger partial charge in [-0.15, -0.1) is 34.2 Å². The molecule has 1 aromatic heterocycles. The first-order valence-corrected chi connectivity index (χ1v) is 9.95. The summed E-state index contributed by atoms with van der Waals surface area (Å²) in [6, 6.07) is 0. The summed E-state index contributed by atoms with van der Waals surface area (Å²) >= 11 is 0. The molecule has 3 heterocycles. The lowest BCUT2D eigenvalue weighted by Crippen LogP contribution is -2.38. The molecule has 0 radical (unpaired) electrons. The van der Waals surface area contributed by atoms with E-state index in [4.69, 9.17) is 9.47 Å². The van der Waals surface area contributed by atoms with E-state index >= 15 is 0 Å². The quantitative estimate of drug-likeness (QED) is 0.237. The fourth-order valence-electron chi connectivity index (χ4n) is 3.36. The summed E-state index contributed by atoms with van der Waals surface area (Å²) in [4.78, 5) is 4.64. The number of nitrogens with zero attached hydrogens (tertiary/aromatic N) is 4. The van der Waals surface area contributed by atoms with Gasteiger partial charge in [-0.1, -0.05) is 0 Å². The van der Waals surface area contributed by atoms with Gasteiger partial charge in [-0.05, 0) is 38.5 Å². The molecular weight excluding hydrogens is 459 g/mol. The fourth-order valence-corrected chi connectivity index (χ4v) is 3.36. The number of halogens is 1. The minimum Gasteiger partial charge on any atom is -0.381 e. The maximum atomic E-state index is 5.81. The van der Waals surface area contributed by atoms with E-state index in [0.717, 1.165) is 95.8 Å². The molecule has 2 aliphatic rings. The molecule has 0 bridgehead atoms. The van der Waals surface area contributed by atoms with Crippen LogP contribution in [0.2, 0.25) is 0 Å². The first-order valence-electron chi connectivity index (χ1n) is 9.95. The second kappa shape index (κ2) is 12.5. The van der Waals surface area contributed by atoms with Crippen molar-refractivity contribution in [1.82, 2.24) is 25.4 Å². The third kappa shape index (κ3) is 7.19. The Morgan fingerprint density at radius 1 is 1.30 bits per heavy atom. The summed E-state index contributed by atoms with van der Waals surface area (Å²) in [5.41, 5.74) is 0. The Balaban J connectivity index is 0.00000261. The Morgan fingerprint density at radius 2 is 2.15 bits per heavy atom. The van der Waals surface area contributed by atoms with Crippen LogP contribution < -0.4 is 10.6 Å². The molecule has 154 valence electrons. The normalized spacial score (nSPS) is 17.4. The highest BCUT2D eigenvalue weighted by atomic mass is 127. The van der Waals surface area contributed by atoms with Crippen LogP contribution in [0.4, 0.5) is 0 Å². The number of hydrogen-bond donors (Lipinski definition) is 2. The predicted molar refractivity (Wildman–Crippen MR) is 116 cm³/mol. The molecule has 1 fully saturated rings. The molecular formula is C18H33IN6O2. The Morgan fingerprint density at radius 3 is 2.96 bits per heavy atom.